The number of carbonyl (C=O) groups excluding carboxylic acids is 1. The van der Waals surface area contributed by atoms with Crippen LogP contribution in [0.25, 0.3) is 0 Å². The van der Waals surface area contributed by atoms with Crippen LogP contribution < -0.4 is 10.1 Å². The Bertz CT molecular complexity index is 475. The van der Waals surface area contributed by atoms with E-state index in [-0.39, 0.29) is 11.5 Å². The van der Waals surface area contributed by atoms with E-state index in [1.807, 2.05) is 4.90 Å². The quantitative estimate of drug-likeness (QED) is 0.794. The van der Waals surface area contributed by atoms with Gasteiger partial charge in [0.1, 0.15) is 12.4 Å². The van der Waals surface area contributed by atoms with Crippen LogP contribution in [0.3, 0.4) is 0 Å². The number of carboxylic acid groups (broad SMARTS) is 1. The average molecular weight is 264 g/mol. The molecule has 0 aliphatic carbocycles. The van der Waals surface area contributed by atoms with Crippen LogP contribution in [0.4, 0.5) is 0 Å². The van der Waals surface area contributed by atoms with E-state index >= 15 is 0 Å². The molecular weight excluding hydrogens is 248 g/mol. The van der Waals surface area contributed by atoms with Crippen LogP contribution in [0.5, 0.6) is 5.75 Å². The first-order valence-corrected chi connectivity index (χ1v) is 6.10. The Labute approximate surface area is 111 Å². The number of carboxylic acids is 1. The van der Waals surface area contributed by atoms with Crippen molar-refractivity contribution < 1.29 is 19.4 Å². The summed E-state index contributed by atoms with van der Waals surface area (Å²) in [6, 6.07) is 6.37. The molecule has 0 spiro atoms. The zero-order valence-corrected chi connectivity index (χ0v) is 10.5. The first-order chi connectivity index (χ1) is 9.15. The van der Waals surface area contributed by atoms with Crippen LogP contribution in [0.2, 0.25) is 0 Å². The third kappa shape index (κ3) is 3.96. The van der Waals surface area contributed by atoms with Gasteiger partial charge in [0.25, 0.3) is 0 Å². The molecule has 1 aliphatic heterocycles. The summed E-state index contributed by atoms with van der Waals surface area (Å²) in [6.07, 6.45) is 0. The largest absolute Gasteiger partial charge is 0.492 e. The molecule has 1 fully saturated rings. The van der Waals surface area contributed by atoms with Gasteiger partial charge in [0.05, 0.1) is 12.1 Å². The number of carbonyl (C=O) groups is 2. The normalized spacial score (nSPS) is 15.9. The Kier molecular flexibility index (Phi) is 4.35. The molecule has 102 valence electrons. The fourth-order valence-electron chi connectivity index (χ4n) is 1.89. The van der Waals surface area contributed by atoms with Crippen molar-refractivity contribution in [1.82, 2.24) is 10.2 Å². The number of rotatable bonds is 5. The first kappa shape index (κ1) is 13.4. The number of aromatic carboxylic acids is 1. The van der Waals surface area contributed by atoms with E-state index in [1.54, 1.807) is 12.1 Å². The van der Waals surface area contributed by atoms with Crippen molar-refractivity contribution in [3.05, 3.63) is 29.8 Å². The fraction of sp³-hybridized carbons (Fsp3) is 0.385. The maximum atomic E-state index is 11.2. The van der Waals surface area contributed by atoms with E-state index in [1.165, 1.54) is 12.1 Å². The number of ether oxygens (including phenoxy) is 1. The smallest absolute Gasteiger partial charge is 0.335 e. The maximum absolute atomic E-state index is 11.2. The number of benzene rings is 1. The van der Waals surface area contributed by atoms with Crippen molar-refractivity contribution in [2.24, 2.45) is 0 Å². The van der Waals surface area contributed by atoms with E-state index in [2.05, 4.69) is 5.32 Å². The summed E-state index contributed by atoms with van der Waals surface area (Å²) >= 11 is 0. The van der Waals surface area contributed by atoms with E-state index in [0.29, 0.717) is 32.0 Å². The molecule has 0 saturated carbocycles. The summed E-state index contributed by atoms with van der Waals surface area (Å²) in [5.74, 6) is -0.418. The van der Waals surface area contributed by atoms with Crippen molar-refractivity contribution in [3.63, 3.8) is 0 Å². The number of piperazine rings is 1. The molecule has 1 saturated heterocycles. The Balaban J connectivity index is 1.80. The van der Waals surface area contributed by atoms with Crippen LogP contribution in [-0.2, 0) is 4.79 Å². The zero-order valence-electron chi connectivity index (χ0n) is 10.5. The van der Waals surface area contributed by atoms with Gasteiger partial charge < -0.3 is 15.2 Å². The Hall–Kier alpha value is -2.08. The molecule has 0 unspecified atom stereocenters. The van der Waals surface area contributed by atoms with Gasteiger partial charge in [-0.3, -0.25) is 9.69 Å². The lowest BCUT2D eigenvalue weighted by molar-refractivity contribution is -0.124. The van der Waals surface area contributed by atoms with Crippen molar-refractivity contribution in [2.45, 2.75) is 0 Å². The molecule has 0 aromatic heterocycles. The lowest BCUT2D eigenvalue weighted by atomic mass is 10.2. The molecule has 1 aromatic carbocycles. The highest BCUT2D eigenvalue weighted by atomic mass is 16.5. The second-order valence-corrected chi connectivity index (χ2v) is 4.31. The van der Waals surface area contributed by atoms with Crippen LogP contribution in [-0.4, -0.2) is 54.7 Å². The van der Waals surface area contributed by atoms with Crippen molar-refractivity contribution in [3.8, 4) is 5.75 Å². The third-order valence-corrected chi connectivity index (χ3v) is 2.87. The molecule has 1 aliphatic rings. The summed E-state index contributed by atoms with van der Waals surface area (Å²) in [6.45, 7) is 2.93. The minimum absolute atomic E-state index is 0.0270. The van der Waals surface area contributed by atoms with Crippen molar-refractivity contribution in [1.29, 1.82) is 0 Å². The second kappa shape index (κ2) is 6.19. The monoisotopic (exact) mass is 264 g/mol. The van der Waals surface area contributed by atoms with Gasteiger partial charge in [-0.05, 0) is 18.2 Å². The second-order valence-electron chi connectivity index (χ2n) is 4.31. The van der Waals surface area contributed by atoms with E-state index in [4.69, 9.17) is 9.84 Å². The number of amides is 1. The van der Waals surface area contributed by atoms with Gasteiger partial charge in [-0.25, -0.2) is 4.79 Å². The fourth-order valence-corrected chi connectivity index (χ4v) is 1.89. The van der Waals surface area contributed by atoms with E-state index in [0.717, 1.165) is 6.54 Å². The van der Waals surface area contributed by atoms with Crippen LogP contribution >= 0.6 is 0 Å². The molecule has 0 atom stereocenters. The van der Waals surface area contributed by atoms with Crippen LogP contribution in [0.1, 0.15) is 10.4 Å². The molecule has 2 rings (SSSR count). The standard InChI is InChI=1S/C13H16N2O4/c16-12-9-15(5-4-14-12)6-7-19-11-3-1-2-10(8-11)13(17)18/h1-3,8H,4-7,9H2,(H,14,16)(H,17,18). The van der Waals surface area contributed by atoms with Crippen LogP contribution in [0, 0.1) is 0 Å². The molecule has 0 radical (unpaired) electrons. The summed E-state index contributed by atoms with van der Waals surface area (Å²) in [5.41, 5.74) is 0.204. The molecule has 19 heavy (non-hydrogen) atoms. The van der Waals surface area contributed by atoms with Gasteiger partial charge in [0.15, 0.2) is 0 Å². The average Bonchev–Trinajstić information content (AvgIpc) is 2.39. The molecular formula is C13H16N2O4. The van der Waals surface area contributed by atoms with Gasteiger partial charge in [0.2, 0.25) is 5.91 Å². The molecule has 0 bridgehead atoms. The minimum atomic E-state index is -0.974. The summed E-state index contributed by atoms with van der Waals surface area (Å²) < 4.78 is 5.50. The van der Waals surface area contributed by atoms with Gasteiger partial charge in [-0.2, -0.15) is 0 Å². The topological polar surface area (TPSA) is 78.9 Å². The lowest BCUT2D eigenvalue weighted by Gasteiger charge is -2.26. The highest BCUT2D eigenvalue weighted by Crippen LogP contribution is 2.13. The summed E-state index contributed by atoms with van der Waals surface area (Å²) in [5, 5.41) is 11.6. The minimum Gasteiger partial charge on any atom is -0.492 e. The predicted octanol–water partition coefficient (Wildman–Crippen LogP) is 0.195. The highest BCUT2D eigenvalue weighted by Gasteiger charge is 2.15. The van der Waals surface area contributed by atoms with Gasteiger partial charge in [-0.15, -0.1) is 0 Å². The molecule has 2 N–H and O–H groups in total. The maximum Gasteiger partial charge on any atom is 0.335 e. The Morgan fingerprint density at radius 1 is 1.47 bits per heavy atom. The Morgan fingerprint density at radius 3 is 3.05 bits per heavy atom. The van der Waals surface area contributed by atoms with Crippen molar-refractivity contribution in [2.75, 3.05) is 32.8 Å². The van der Waals surface area contributed by atoms with E-state index < -0.39 is 5.97 Å². The molecule has 6 heteroatoms. The Morgan fingerprint density at radius 2 is 2.32 bits per heavy atom. The number of nitrogens with one attached hydrogen (secondary N) is 1. The van der Waals surface area contributed by atoms with Gasteiger partial charge in [-0.1, -0.05) is 6.07 Å². The number of hydrogen-bond acceptors (Lipinski definition) is 4. The third-order valence-electron chi connectivity index (χ3n) is 2.87. The summed E-state index contributed by atoms with van der Waals surface area (Å²) in [4.78, 5) is 24.0. The lowest BCUT2D eigenvalue weighted by Crippen LogP contribution is -2.48. The molecule has 1 aromatic rings. The molecule has 1 heterocycles. The van der Waals surface area contributed by atoms with Crippen molar-refractivity contribution >= 4 is 11.9 Å². The SMILES string of the molecule is O=C1CN(CCOc2cccc(C(=O)O)c2)CCN1. The number of nitrogens with zero attached hydrogens (tertiary/aromatic N) is 1. The number of hydrogen-bond donors (Lipinski definition) is 2. The predicted molar refractivity (Wildman–Crippen MR) is 68.3 cm³/mol. The molecule has 1 amide bonds. The van der Waals surface area contributed by atoms with Crippen LogP contribution in [0.15, 0.2) is 24.3 Å². The van der Waals surface area contributed by atoms with Gasteiger partial charge in [0, 0.05) is 19.6 Å². The molecule has 6 nitrogen and oxygen atoms in total. The zero-order chi connectivity index (χ0) is 13.7. The first-order valence-electron chi connectivity index (χ1n) is 6.10. The van der Waals surface area contributed by atoms with E-state index in [9.17, 15) is 9.59 Å². The highest BCUT2D eigenvalue weighted by molar-refractivity contribution is 5.88. The van der Waals surface area contributed by atoms with Gasteiger partial charge >= 0.3 is 5.97 Å². The summed E-state index contributed by atoms with van der Waals surface area (Å²) in [7, 11) is 0.